The minimum atomic E-state index is 0.0115. The average Bonchev–Trinajstić information content (AvgIpc) is 2.96. The summed E-state index contributed by atoms with van der Waals surface area (Å²) < 4.78 is 0. The van der Waals surface area contributed by atoms with Gasteiger partial charge in [-0.15, -0.1) is 0 Å². The SMILES string of the molecule is O=C(CSCCc1ccccc1)NN=C1CCCC1. The van der Waals surface area contributed by atoms with Crippen LogP contribution in [0.5, 0.6) is 0 Å². The number of carbonyl (C=O) groups excluding carboxylic acids is 1. The monoisotopic (exact) mass is 276 g/mol. The molecule has 1 aromatic rings. The van der Waals surface area contributed by atoms with Crippen LogP contribution in [0, 0.1) is 0 Å². The third kappa shape index (κ3) is 5.47. The summed E-state index contributed by atoms with van der Waals surface area (Å²) in [5.41, 5.74) is 5.11. The topological polar surface area (TPSA) is 41.5 Å². The van der Waals surface area contributed by atoms with Crippen LogP contribution in [0.2, 0.25) is 0 Å². The molecule has 0 saturated heterocycles. The first-order valence-electron chi connectivity index (χ1n) is 6.80. The van der Waals surface area contributed by atoms with E-state index in [0.717, 1.165) is 30.7 Å². The fraction of sp³-hybridized carbons (Fsp3) is 0.467. The van der Waals surface area contributed by atoms with Gasteiger partial charge in [0.2, 0.25) is 5.91 Å². The zero-order chi connectivity index (χ0) is 13.3. The summed E-state index contributed by atoms with van der Waals surface area (Å²) in [4.78, 5) is 11.6. The zero-order valence-corrected chi connectivity index (χ0v) is 11.9. The molecule has 0 aliphatic heterocycles. The van der Waals surface area contributed by atoms with Gasteiger partial charge in [0.1, 0.15) is 0 Å². The molecule has 0 bridgehead atoms. The Balaban J connectivity index is 1.58. The molecular weight excluding hydrogens is 256 g/mol. The molecule has 1 fully saturated rings. The number of thioether (sulfide) groups is 1. The van der Waals surface area contributed by atoms with Gasteiger partial charge in [-0.3, -0.25) is 4.79 Å². The van der Waals surface area contributed by atoms with Gasteiger partial charge in [0.05, 0.1) is 5.75 Å². The van der Waals surface area contributed by atoms with Gasteiger partial charge in [0, 0.05) is 5.71 Å². The minimum absolute atomic E-state index is 0.0115. The lowest BCUT2D eigenvalue weighted by atomic mass is 10.2. The Hall–Kier alpha value is -1.29. The molecule has 1 aliphatic rings. The molecule has 4 heteroatoms. The summed E-state index contributed by atoms with van der Waals surface area (Å²) in [6.07, 6.45) is 5.51. The van der Waals surface area contributed by atoms with E-state index in [4.69, 9.17) is 0 Å². The van der Waals surface area contributed by atoms with Crippen LogP contribution in [0.3, 0.4) is 0 Å². The fourth-order valence-electron chi connectivity index (χ4n) is 2.07. The quantitative estimate of drug-likeness (QED) is 0.641. The van der Waals surface area contributed by atoms with Crippen LogP contribution in [0.15, 0.2) is 35.4 Å². The maximum atomic E-state index is 11.6. The lowest BCUT2D eigenvalue weighted by Crippen LogP contribution is -2.21. The molecule has 0 spiro atoms. The minimum Gasteiger partial charge on any atom is -0.272 e. The highest BCUT2D eigenvalue weighted by Gasteiger charge is 2.08. The third-order valence-electron chi connectivity index (χ3n) is 3.13. The number of amides is 1. The van der Waals surface area contributed by atoms with Gasteiger partial charge in [-0.05, 0) is 43.4 Å². The van der Waals surface area contributed by atoms with Crippen molar-refractivity contribution >= 4 is 23.4 Å². The first-order chi connectivity index (χ1) is 9.34. The molecule has 19 heavy (non-hydrogen) atoms. The number of aryl methyl sites for hydroxylation is 1. The first-order valence-corrected chi connectivity index (χ1v) is 7.96. The molecule has 1 amide bonds. The molecule has 0 radical (unpaired) electrons. The van der Waals surface area contributed by atoms with Crippen LogP contribution in [-0.2, 0) is 11.2 Å². The van der Waals surface area contributed by atoms with Gasteiger partial charge in [-0.25, -0.2) is 5.43 Å². The predicted molar refractivity (Wildman–Crippen MR) is 81.5 cm³/mol. The van der Waals surface area contributed by atoms with E-state index in [2.05, 4.69) is 22.7 Å². The number of carbonyl (C=O) groups is 1. The normalized spacial score (nSPS) is 14.4. The highest BCUT2D eigenvalue weighted by Crippen LogP contribution is 2.13. The largest absolute Gasteiger partial charge is 0.272 e. The number of hydrogen-bond donors (Lipinski definition) is 1. The molecule has 1 N–H and O–H groups in total. The fourth-order valence-corrected chi connectivity index (χ4v) is 2.84. The average molecular weight is 276 g/mol. The Morgan fingerprint density at radius 1 is 1.21 bits per heavy atom. The smallest absolute Gasteiger partial charge is 0.250 e. The molecule has 3 nitrogen and oxygen atoms in total. The summed E-state index contributed by atoms with van der Waals surface area (Å²) in [5.74, 6) is 1.47. The van der Waals surface area contributed by atoms with Crippen molar-refractivity contribution in [3.8, 4) is 0 Å². The molecular formula is C15H20N2OS. The van der Waals surface area contributed by atoms with Crippen LogP contribution in [0.4, 0.5) is 0 Å². The maximum absolute atomic E-state index is 11.6. The van der Waals surface area contributed by atoms with Crippen LogP contribution in [-0.4, -0.2) is 23.1 Å². The lowest BCUT2D eigenvalue weighted by Gasteiger charge is -2.02. The summed E-state index contributed by atoms with van der Waals surface area (Å²) in [6, 6.07) is 10.3. The molecule has 0 aromatic heterocycles. The molecule has 0 unspecified atom stereocenters. The molecule has 1 aliphatic carbocycles. The molecule has 0 heterocycles. The van der Waals surface area contributed by atoms with E-state index < -0.39 is 0 Å². The number of benzene rings is 1. The van der Waals surface area contributed by atoms with Crippen LogP contribution in [0.1, 0.15) is 31.2 Å². The molecule has 1 saturated carbocycles. The predicted octanol–water partition coefficient (Wildman–Crippen LogP) is 3.01. The van der Waals surface area contributed by atoms with Crippen LogP contribution in [0.25, 0.3) is 0 Å². The Labute approximate surface area is 118 Å². The molecule has 2 rings (SSSR count). The van der Waals surface area contributed by atoms with E-state index in [1.54, 1.807) is 11.8 Å². The molecule has 102 valence electrons. The van der Waals surface area contributed by atoms with Gasteiger partial charge in [-0.1, -0.05) is 30.3 Å². The Bertz CT molecular complexity index is 423. The second kappa shape index (κ2) is 8.00. The highest BCUT2D eigenvalue weighted by atomic mass is 32.2. The highest BCUT2D eigenvalue weighted by molar-refractivity contribution is 7.99. The van der Waals surface area contributed by atoms with Crippen molar-refractivity contribution in [3.63, 3.8) is 0 Å². The number of rotatable bonds is 6. The number of hydrogen-bond acceptors (Lipinski definition) is 3. The summed E-state index contributed by atoms with van der Waals surface area (Å²) in [7, 11) is 0. The van der Waals surface area contributed by atoms with Gasteiger partial charge >= 0.3 is 0 Å². The van der Waals surface area contributed by atoms with Gasteiger partial charge in [-0.2, -0.15) is 16.9 Å². The lowest BCUT2D eigenvalue weighted by molar-refractivity contribution is -0.118. The standard InChI is InChI=1S/C15H20N2OS/c18-15(17-16-14-8-4-5-9-14)12-19-11-10-13-6-2-1-3-7-13/h1-3,6-7H,4-5,8-12H2,(H,17,18). The van der Waals surface area contributed by atoms with Crippen molar-refractivity contribution in [2.75, 3.05) is 11.5 Å². The van der Waals surface area contributed by atoms with Crippen molar-refractivity contribution < 1.29 is 4.79 Å². The Morgan fingerprint density at radius 2 is 1.95 bits per heavy atom. The van der Waals surface area contributed by atoms with Crippen molar-refractivity contribution in [2.24, 2.45) is 5.10 Å². The first kappa shape index (κ1) is 14.1. The van der Waals surface area contributed by atoms with E-state index in [-0.39, 0.29) is 5.91 Å². The maximum Gasteiger partial charge on any atom is 0.250 e. The number of nitrogens with one attached hydrogen (secondary N) is 1. The molecule has 1 aromatic carbocycles. The summed E-state index contributed by atoms with van der Waals surface area (Å²) in [6.45, 7) is 0. The Kier molecular flexibility index (Phi) is 5.95. The summed E-state index contributed by atoms with van der Waals surface area (Å²) >= 11 is 1.66. The Morgan fingerprint density at radius 3 is 2.68 bits per heavy atom. The van der Waals surface area contributed by atoms with E-state index in [1.807, 2.05) is 18.2 Å². The van der Waals surface area contributed by atoms with E-state index in [1.165, 1.54) is 18.4 Å². The van der Waals surface area contributed by atoms with Crippen LogP contribution >= 0.6 is 11.8 Å². The van der Waals surface area contributed by atoms with E-state index >= 15 is 0 Å². The van der Waals surface area contributed by atoms with Gasteiger partial charge < -0.3 is 0 Å². The van der Waals surface area contributed by atoms with Gasteiger partial charge in [0.25, 0.3) is 0 Å². The number of hydrazone groups is 1. The zero-order valence-electron chi connectivity index (χ0n) is 11.1. The van der Waals surface area contributed by atoms with E-state index in [9.17, 15) is 4.79 Å². The van der Waals surface area contributed by atoms with Crippen molar-refractivity contribution in [3.05, 3.63) is 35.9 Å². The van der Waals surface area contributed by atoms with Gasteiger partial charge in [0.15, 0.2) is 0 Å². The second-order valence-corrected chi connectivity index (χ2v) is 5.81. The van der Waals surface area contributed by atoms with Crippen molar-refractivity contribution in [1.82, 2.24) is 5.43 Å². The second-order valence-electron chi connectivity index (χ2n) is 4.71. The van der Waals surface area contributed by atoms with Crippen LogP contribution < -0.4 is 5.43 Å². The van der Waals surface area contributed by atoms with Crippen molar-refractivity contribution in [1.29, 1.82) is 0 Å². The third-order valence-corrected chi connectivity index (χ3v) is 4.09. The van der Waals surface area contributed by atoms with Crippen molar-refractivity contribution in [2.45, 2.75) is 32.1 Å². The number of nitrogens with zero attached hydrogens (tertiary/aromatic N) is 1. The van der Waals surface area contributed by atoms with E-state index in [0.29, 0.717) is 5.75 Å². The molecule has 0 atom stereocenters. The summed E-state index contributed by atoms with van der Waals surface area (Å²) in [5, 5.41) is 4.16.